The predicted octanol–water partition coefficient (Wildman–Crippen LogP) is 2.07. The number of aliphatic hydroxyl groups is 1. The largest absolute Gasteiger partial charge is 0.444 e. The second-order valence-corrected chi connectivity index (χ2v) is 6.55. The van der Waals surface area contributed by atoms with E-state index in [1.807, 2.05) is 32.9 Å². The van der Waals surface area contributed by atoms with Crippen molar-refractivity contribution in [3.8, 4) is 0 Å². The minimum Gasteiger partial charge on any atom is -0.444 e. The number of piperidine rings is 1. The van der Waals surface area contributed by atoms with Crippen LogP contribution in [0.15, 0.2) is 18.2 Å². The van der Waals surface area contributed by atoms with Crippen LogP contribution in [-0.2, 0) is 11.3 Å². The zero-order chi connectivity index (χ0) is 16.2. The molecule has 1 aromatic heterocycles. The number of amides is 1. The van der Waals surface area contributed by atoms with Gasteiger partial charge in [-0.15, -0.1) is 0 Å². The van der Waals surface area contributed by atoms with E-state index in [2.05, 4.69) is 15.2 Å². The van der Waals surface area contributed by atoms with Crippen molar-refractivity contribution in [3.63, 3.8) is 0 Å². The summed E-state index contributed by atoms with van der Waals surface area (Å²) < 4.78 is 5.28. The molecular formula is C16H25N3O3. The normalized spacial score (nSPS) is 16.5. The molecule has 6 nitrogen and oxygen atoms in total. The molecule has 1 saturated heterocycles. The molecule has 0 atom stereocenters. The maximum Gasteiger partial charge on any atom is 0.407 e. The molecule has 0 aromatic carbocycles. The third-order valence-electron chi connectivity index (χ3n) is 3.49. The zero-order valence-electron chi connectivity index (χ0n) is 13.5. The Hall–Kier alpha value is -1.82. The third kappa shape index (κ3) is 4.87. The van der Waals surface area contributed by atoms with Crippen molar-refractivity contribution in [2.75, 3.05) is 18.0 Å². The molecule has 122 valence electrons. The summed E-state index contributed by atoms with van der Waals surface area (Å²) in [5, 5.41) is 12.1. The van der Waals surface area contributed by atoms with Crippen molar-refractivity contribution in [1.29, 1.82) is 0 Å². The van der Waals surface area contributed by atoms with Crippen LogP contribution in [0.1, 0.15) is 39.3 Å². The van der Waals surface area contributed by atoms with E-state index in [1.54, 1.807) is 6.07 Å². The van der Waals surface area contributed by atoms with E-state index in [0.717, 1.165) is 31.7 Å². The molecule has 2 N–H and O–H groups in total. The first-order valence-electron chi connectivity index (χ1n) is 7.68. The van der Waals surface area contributed by atoms with Crippen LogP contribution in [0.5, 0.6) is 0 Å². The van der Waals surface area contributed by atoms with Gasteiger partial charge in [-0.25, -0.2) is 9.78 Å². The number of nitrogens with zero attached hydrogens (tertiary/aromatic N) is 2. The number of alkyl carbamates (subject to hydrolysis) is 1. The summed E-state index contributed by atoms with van der Waals surface area (Å²) in [6, 6.07) is 5.78. The van der Waals surface area contributed by atoms with Crippen LogP contribution in [0.25, 0.3) is 0 Å². The number of anilines is 1. The molecule has 6 heteroatoms. The highest BCUT2D eigenvalue weighted by atomic mass is 16.6. The van der Waals surface area contributed by atoms with E-state index >= 15 is 0 Å². The Morgan fingerprint density at radius 3 is 2.68 bits per heavy atom. The molecule has 0 bridgehead atoms. The van der Waals surface area contributed by atoms with E-state index in [1.165, 1.54) is 0 Å². The molecular weight excluding hydrogens is 282 g/mol. The molecule has 1 aliphatic rings. The number of hydrogen-bond donors (Lipinski definition) is 2. The maximum atomic E-state index is 11.8. The third-order valence-corrected chi connectivity index (χ3v) is 3.49. The standard InChI is InChI=1S/C16H25N3O3/c1-16(2,3)22-15(21)18-12-7-9-19(10-8-12)14-6-4-5-13(11-20)17-14/h4-6,12,20H,7-11H2,1-3H3,(H,18,21). The molecule has 1 aliphatic heterocycles. The molecule has 1 fully saturated rings. The minimum atomic E-state index is -0.473. The average molecular weight is 307 g/mol. The van der Waals surface area contributed by atoms with E-state index in [9.17, 15) is 4.79 Å². The van der Waals surface area contributed by atoms with Gasteiger partial charge < -0.3 is 20.1 Å². The van der Waals surface area contributed by atoms with E-state index in [0.29, 0.717) is 5.69 Å². The molecule has 2 heterocycles. The van der Waals surface area contributed by atoms with Gasteiger partial charge in [0.05, 0.1) is 12.3 Å². The first-order valence-corrected chi connectivity index (χ1v) is 7.68. The van der Waals surface area contributed by atoms with Crippen molar-refractivity contribution in [1.82, 2.24) is 10.3 Å². The Balaban J connectivity index is 1.84. The average Bonchev–Trinajstić information content (AvgIpc) is 2.46. The summed E-state index contributed by atoms with van der Waals surface area (Å²) in [5.41, 5.74) is 0.200. The van der Waals surface area contributed by atoms with Crippen molar-refractivity contribution in [2.45, 2.75) is 51.9 Å². The molecule has 22 heavy (non-hydrogen) atoms. The number of aromatic nitrogens is 1. The molecule has 0 spiro atoms. The topological polar surface area (TPSA) is 74.7 Å². The minimum absolute atomic E-state index is 0.0511. The number of carbonyl (C=O) groups excluding carboxylic acids is 1. The number of nitrogens with one attached hydrogen (secondary N) is 1. The highest BCUT2D eigenvalue weighted by Gasteiger charge is 2.24. The van der Waals surface area contributed by atoms with Crippen LogP contribution < -0.4 is 10.2 Å². The van der Waals surface area contributed by atoms with Crippen LogP contribution in [0.4, 0.5) is 10.6 Å². The summed E-state index contributed by atoms with van der Waals surface area (Å²) in [6.45, 7) is 7.16. The molecule has 0 radical (unpaired) electrons. The number of rotatable bonds is 3. The Bertz CT molecular complexity index is 506. The molecule has 2 rings (SSSR count). The Kier molecular flexibility index (Phi) is 5.24. The smallest absolute Gasteiger partial charge is 0.407 e. The second-order valence-electron chi connectivity index (χ2n) is 6.55. The van der Waals surface area contributed by atoms with E-state index < -0.39 is 5.60 Å². The summed E-state index contributed by atoms with van der Waals surface area (Å²) in [5.74, 6) is 0.877. The van der Waals surface area contributed by atoms with Gasteiger partial charge in [-0.2, -0.15) is 0 Å². The van der Waals surface area contributed by atoms with Crippen molar-refractivity contribution in [3.05, 3.63) is 23.9 Å². The molecule has 0 aliphatic carbocycles. The number of pyridine rings is 1. The van der Waals surface area contributed by atoms with E-state index in [4.69, 9.17) is 9.84 Å². The van der Waals surface area contributed by atoms with Gasteiger partial charge in [0.15, 0.2) is 0 Å². The second kappa shape index (κ2) is 6.96. The number of aliphatic hydroxyl groups excluding tert-OH is 1. The summed E-state index contributed by atoms with van der Waals surface area (Å²) in [7, 11) is 0. The number of carbonyl (C=O) groups is 1. The molecule has 0 saturated carbocycles. The summed E-state index contributed by atoms with van der Waals surface area (Å²) >= 11 is 0. The summed E-state index contributed by atoms with van der Waals surface area (Å²) in [6.07, 6.45) is 1.35. The van der Waals surface area contributed by atoms with Crippen molar-refractivity contribution in [2.24, 2.45) is 0 Å². The van der Waals surface area contributed by atoms with Gasteiger partial charge in [0, 0.05) is 19.1 Å². The van der Waals surface area contributed by atoms with Crippen LogP contribution in [0.3, 0.4) is 0 Å². The first kappa shape index (κ1) is 16.5. The van der Waals surface area contributed by atoms with Crippen LogP contribution in [0, 0.1) is 0 Å². The van der Waals surface area contributed by atoms with Gasteiger partial charge >= 0.3 is 6.09 Å². The monoisotopic (exact) mass is 307 g/mol. The predicted molar refractivity (Wildman–Crippen MR) is 84.8 cm³/mol. The van der Waals surface area contributed by atoms with Gasteiger partial charge in [0.25, 0.3) is 0 Å². The fourth-order valence-corrected chi connectivity index (χ4v) is 2.46. The molecule has 1 amide bonds. The number of ether oxygens (including phenoxy) is 1. The van der Waals surface area contributed by atoms with Crippen LogP contribution in [0.2, 0.25) is 0 Å². The quantitative estimate of drug-likeness (QED) is 0.894. The van der Waals surface area contributed by atoms with Gasteiger partial charge in [-0.3, -0.25) is 0 Å². The van der Waals surface area contributed by atoms with Crippen LogP contribution in [-0.4, -0.2) is 40.9 Å². The molecule has 0 unspecified atom stereocenters. The lowest BCUT2D eigenvalue weighted by Crippen LogP contribution is -2.46. The van der Waals surface area contributed by atoms with Gasteiger partial charge in [0.2, 0.25) is 0 Å². The lowest BCUT2D eigenvalue weighted by Gasteiger charge is -2.33. The van der Waals surface area contributed by atoms with E-state index in [-0.39, 0.29) is 18.7 Å². The van der Waals surface area contributed by atoms with Gasteiger partial charge in [-0.1, -0.05) is 6.07 Å². The SMILES string of the molecule is CC(C)(C)OC(=O)NC1CCN(c2cccc(CO)n2)CC1. The maximum absolute atomic E-state index is 11.8. The number of hydrogen-bond acceptors (Lipinski definition) is 5. The van der Waals surface area contributed by atoms with Gasteiger partial charge in [0.1, 0.15) is 11.4 Å². The van der Waals surface area contributed by atoms with Crippen LogP contribution >= 0.6 is 0 Å². The molecule has 1 aromatic rings. The zero-order valence-corrected chi connectivity index (χ0v) is 13.5. The lowest BCUT2D eigenvalue weighted by atomic mass is 10.1. The lowest BCUT2D eigenvalue weighted by molar-refractivity contribution is 0.0497. The highest BCUT2D eigenvalue weighted by molar-refractivity contribution is 5.68. The Morgan fingerprint density at radius 2 is 2.09 bits per heavy atom. The highest BCUT2D eigenvalue weighted by Crippen LogP contribution is 2.19. The Morgan fingerprint density at radius 1 is 1.41 bits per heavy atom. The fourth-order valence-electron chi connectivity index (χ4n) is 2.46. The van der Waals surface area contributed by atoms with Gasteiger partial charge in [-0.05, 0) is 45.7 Å². The van der Waals surface area contributed by atoms with Crippen molar-refractivity contribution >= 4 is 11.9 Å². The Labute approximate surface area is 131 Å². The van der Waals surface area contributed by atoms with Crippen molar-refractivity contribution < 1.29 is 14.6 Å². The fraction of sp³-hybridized carbons (Fsp3) is 0.625. The first-order chi connectivity index (χ1) is 10.4. The summed E-state index contributed by atoms with van der Waals surface area (Å²) in [4.78, 5) is 18.4.